The topological polar surface area (TPSA) is 70.7 Å². The van der Waals surface area contributed by atoms with Gasteiger partial charge in [0.05, 0.1) is 6.54 Å². The van der Waals surface area contributed by atoms with Crippen molar-refractivity contribution in [3.63, 3.8) is 0 Å². The van der Waals surface area contributed by atoms with Crippen molar-refractivity contribution in [2.75, 3.05) is 20.6 Å². The fraction of sp³-hybridized carbons (Fsp3) is 0.294. The number of hydrogen-bond acceptors (Lipinski definition) is 5. The average molecular weight is 347 g/mol. The van der Waals surface area contributed by atoms with Crippen molar-refractivity contribution in [2.24, 2.45) is 0 Å². The van der Waals surface area contributed by atoms with Crippen LogP contribution in [0.5, 0.6) is 5.75 Å². The Hall–Kier alpha value is -2.38. The highest BCUT2D eigenvalue weighted by Crippen LogP contribution is 2.17. The summed E-state index contributed by atoms with van der Waals surface area (Å²) in [5.41, 5.74) is 1.06. The fourth-order valence-electron chi connectivity index (χ4n) is 2.08. The Kier molecular flexibility index (Phi) is 6.77. The Morgan fingerprint density at radius 1 is 1.21 bits per heavy atom. The molecule has 2 aromatic rings. The molecule has 0 atom stereocenters. The number of benzene rings is 1. The zero-order valence-electron chi connectivity index (χ0n) is 13.7. The lowest BCUT2D eigenvalue weighted by atomic mass is 10.2. The number of amides is 3. The number of nitrogens with one attached hydrogen (secondary N) is 2. The molecule has 0 fully saturated rings. The maximum atomic E-state index is 11.6. The van der Waals surface area contributed by atoms with E-state index in [2.05, 4.69) is 10.6 Å². The number of rotatable bonds is 7. The molecule has 2 N–H and O–H groups in total. The summed E-state index contributed by atoms with van der Waals surface area (Å²) in [4.78, 5) is 25.7. The summed E-state index contributed by atoms with van der Waals surface area (Å²) in [6, 6.07) is 11.3. The van der Waals surface area contributed by atoms with Crippen molar-refractivity contribution in [3.8, 4) is 5.75 Å². The van der Waals surface area contributed by atoms with E-state index >= 15 is 0 Å². The van der Waals surface area contributed by atoms with Crippen molar-refractivity contribution >= 4 is 23.3 Å². The van der Waals surface area contributed by atoms with Gasteiger partial charge in [-0.3, -0.25) is 15.0 Å². The Morgan fingerprint density at radius 3 is 2.58 bits per heavy atom. The quantitative estimate of drug-likeness (QED) is 0.806. The molecule has 1 aromatic heterocycles. The van der Waals surface area contributed by atoms with Crippen LogP contribution in [0.25, 0.3) is 0 Å². The van der Waals surface area contributed by atoms with Gasteiger partial charge in [-0.1, -0.05) is 18.2 Å². The van der Waals surface area contributed by atoms with E-state index < -0.39 is 6.03 Å². The van der Waals surface area contributed by atoms with Gasteiger partial charge in [-0.25, -0.2) is 4.79 Å². The Labute approximate surface area is 145 Å². The lowest BCUT2D eigenvalue weighted by Gasteiger charge is -2.16. The molecule has 24 heavy (non-hydrogen) atoms. The molecule has 0 spiro atoms. The summed E-state index contributed by atoms with van der Waals surface area (Å²) in [5.74, 6) is 0.472. The molecule has 0 saturated carbocycles. The third-order valence-corrected chi connectivity index (χ3v) is 4.08. The zero-order valence-corrected chi connectivity index (χ0v) is 14.6. The van der Waals surface area contributed by atoms with Crippen molar-refractivity contribution < 1.29 is 14.3 Å². The molecule has 0 radical (unpaired) electrons. The van der Waals surface area contributed by atoms with Crippen molar-refractivity contribution in [2.45, 2.75) is 13.2 Å². The van der Waals surface area contributed by atoms with Gasteiger partial charge in [0, 0.05) is 18.5 Å². The summed E-state index contributed by atoms with van der Waals surface area (Å²) >= 11 is 1.67. The number of thiophene rings is 1. The standard InChI is InChI=1S/C17H21N3O3S/c1-18-17(22)19-16(21)11-20(2)10-13-5-7-14(8-6-13)23-12-15-4-3-9-24-15/h3-9H,10-12H2,1-2H3,(H2,18,19,21,22). The van der Waals surface area contributed by atoms with E-state index in [9.17, 15) is 9.59 Å². The molecule has 0 bridgehead atoms. The first-order valence-electron chi connectivity index (χ1n) is 7.51. The van der Waals surface area contributed by atoms with E-state index in [0.717, 1.165) is 11.3 Å². The predicted octanol–water partition coefficient (Wildman–Crippen LogP) is 2.21. The van der Waals surface area contributed by atoms with Gasteiger partial charge in [-0.15, -0.1) is 11.3 Å². The molecule has 0 aliphatic carbocycles. The number of likely N-dealkylation sites (N-methyl/N-ethyl adjacent to an activating group) is 1. The highest BCUT2D eigenvalue weighted by atomic mass is 32.1. The maximum absolute atomic E-state index is 11.6. The molecule has 1 aromatic carbocycles. The Morgan fingerprint density at radius 2 is 1.96 bits per heavy atom. The van der Waals surface area contributed by atoms with Gasteiger partial charge in [0.25, 0.3) is 0 Å². The van der Waals surface area contributed by atoms with Gasteiger partial charge in [0.2, 0.25) is 5.91 Å². The number of carbonyl (C=O) groups excluding carboxylic acids is 2. The monoisotopic (exact) mass is 347 g/mol. The predicted molar refractivity (Wildman–Crippen MR) is 94.0 cm³/mol. The van der Waals surface area contributed by atoms with Crippen molar-refractivity contribution in [1.29, 1.82) is 0 Å². The summed E-state index contributed by atoms with van der Waals surface area (Å²) in [6.45, 7) is 1.31. The van der Waals surface area contributed by atoms with Crippen molar-refractivity contribution in [3.05, 3.63) is 52.2 Å². The summed E-state index contributed by atoms with van der Waals surface area (Å²) in [6.07, 6.45) is 0. The van der Waals surface area contributed by atoms with Crippen LogP contribution in [0.3, 0.4) is 0 Å². The summed E-state index contributed by atoms with van der Waals surface area (Å²) in [7, 11) is 3.29. The molecular formula is C17H21N3O3S. The first-order valence-corrected chi connectivity index (χ1v) is 8.39. The number of hydrogen-bond donors (Lipinski definition) is 2. The van der Waals surface area contributed by atoms with Gasteiger partial charge in [-0.05, 0) is 36.2 Å². The average Bonchev–Trinajstić information content (AvgIpc) is 3.07. The third kappa shape index (κ3) is 6.02. The normalized spacial score (nSPS) is 10.5. The van der Waals surface area contributed by atoms with E-state index in [-0.39, 0.29) is 12.5 Å². The smallest absolute Gasteiger partial charge is 0.321 e. The molecule has 0 saturated heterocycles. The molecule has 6 nitrogen and oxygen atoms in total. The molecule has 0 aliphatic heterocycles. The van der Waals surface area contributed by atoms with Crippen LogP contribution in [0.15, 0.2) is 41.8 Å². The number of nitrogens with zero attached hydrogens (tertiary/aromatic N) is 1. The molecule has 3 amide bonds. The van der Waals surface area contributed by atoms with Gasteiger partial charge in [-0.2, -0.15) is 0 Å². The Balaban J connectivity index is 1.78. The summed E-state index contributed by atoms with van der Waals surface area (Å²) < 4.78 is 5.72. The highest BCUT2D eigenvalue weighted by molar-refractivity contribution is 7.09. The SMILES string of the molecule is CNC(=O)NC(=O)CN(C)Cc1ccc(OCc2cccs2)cc1. The van der Waals surface area contributed by atoms with Gasteiger partial charge < -0.3 is 10.1 Å². The second-order valence-electron chi connectivity index (χ2n) is 5.31. The second-order valence-corrected chi connectivity index (χ2v) is 6.34. The maximum Gasteiger partial charge on any atom is 0.321 e. The van der Waals surface area contributed by atoms with Gasteiger partial charge >= 0.3 is 6.03 Å². The minimum absolute atomic E-state index is 0.143. The minimum atomic E-state index is -0.499. The van der Waals surface area contributed by atoms with E-state index in [1.165, 1.54) is 11.9 Å². The molecule has 2 rings (SSSR count). The largest absolute Gasteiger partial charge is 0.488 e. The van der Waals surface area contributed by atoms with E-state index in [0.29, 0.717) is 13.2 Å². The van der Waals surface area contributed by atoms with Crippen LogP contribution in [-0.4, -0.2) is 37.5 Å². The number of imide groups is 1. The van der Waals surface area contributed by atoms with Crippen LogP contribution in [0.1, 0.15) is 10.4 Å². The number of urea groups is 1. The van der Waals surface area contributed by atoms with Gasteiger partial charge in [0.15, 0.2) is 0 Å². The molecule has 128 valence electrons. The first-order chi connectivity index (χ1) is 11.6. The second kappa shape index (κ2) is 9.05. The zero-order chi connectivity index (χ0) is 17.4. The van der Waals surface area contributed by atoms with Crippen LogP contribution >= 0.6 is 11.3 Å². The molecular weight excluding hydrogens is 326 g/mol. The van der Waals surface area contributed by atoms with Crippen LogP contribution in [-0.2, 0) is 17.9 Å². The molecule has 0 unspecified atom stereocenters. The lowest BCUT2D eigenvalue weighted by Crippen LogP contribution is -2.42. The Bertz CT molecular complexity index is 656. The first kappa shape index (κ1) is 18.0. The van der Waals surface area contributed by atoms with Crippen molar-refractivity contribution in [1.82, 2.24) is 15.5 Å². The fourth-order valence-corrected chi connectivity index (χ4v) is 2.70. The van der Waals surface area contributed by atoms with Crippen LogP contribution in [0.4, 0.5) is 4.79 Å². The molecule has 1 heterocycles. The summed E-state index contributed by atoms with van der Waals surface area (Å²) in [5, 5.41) is 6.61. The van der Waals surface area contributed by atoms with Crippen LogP contribution in [0.2, 0.25) is 0 Å². The third-order valence-electron chi connectivity index (χ3n) is 3.23. The molecule has 7 heteroatoms. The highest BCUT2D eigenvalue weighted by Gasteiger charge is 2.09. The van der Waals surface area contributed by atoms with Gasteiger partial charge in [0.1, 0.15) is 12.4 Å². The number of carbonyl (C=O) groups is 2. The lowest BCUT2D eigenvalue weighted by molar-refractivity contribution is -0.120. The minimum Gasteiger partial charge on any atom is -0.488 e. The number of ether oxygens (including phenoxy) is 1. The molecule has 0 aliphatic rings. The van der Waals surface area contributed by atoms with E-state index in [1.807, 2.05) is 53.7 Å². The van der Waals surface area contributed by atoms with Crippen LogP contribution < -0.4 is 15.4 Å². The van der Waals surface area contributed by atoms with E-state index in [1.54, 1.807) is 11.3 Å². The van der Waals surface area contributed by atoms with Crippen LogP contribution in [0, 0.1) is 0 Å². The van der Waals surface area contributed by atoms with E-state index in [4.69, 9.17) is 4.74 Å².